The number of benzene rings is 2. The Morgan fingerprint density at radius 2 is 2.11 bits per heavy atom. The second-order valence-electron chi connectivity index (χ2n) is 5.85. The van der Waals surface area contributed by atoms with Gasteiger partial charge in [0.05, 0.1) is 7.11 Å². The summed E-state index contributed by atoms with van der Waals surface area (Å²) in [6.07, 6.45) is 1.73. The van der Waals surface area contributed by atoms with Crippen LogP contribution in [0.25, 0.3) is 10.9 Å². The Labute approximate surface area is 177 Å². The monoisotopic (exact) mass is 435 g/mol. The third-order valence-electron chi connectivity index (χ3n) is 4.04. The second-order valence-corrected chi connectivity index (χ2v) is 7.77. The van der Waals surface area contributed by atoms with Gasteiger partial charge in [0.25, 0.3) is 0 Å². The molecule has 3 aromatic rings. The normalized spacial score (nSPS) is 10.7. The number of fused-ring (bicyclic) bond motifs is 1. The van der Waals surface area contributed by atoms with Crippen LogP contribution in [0.4, 0.5) is 10.1 Å². The number of methoxy groups -OCH3 is 1. The van der Waals surface area contributed by atoms with Gasteiger partial charge in [0.15, 0.2) is 5.11 Å². The highest BCUT2D eigenvalue weighted by molar-refractivity contribution is 7.98. The number of thioether (sulfide) groups is 1. The van der Waals surface area contributed by atoms with Gasteiger partial charge in [-0.1, -0.05) is 17.7 Å². The van der Waals surface area contributed by atoms with Gasteiger partial charge in [0, 0.05) is 45.9 Å². The zero-order valence-corrected chi connectivity index (χ0v) is 17.6. The van der Waals surface area contributed by atoms with E-state index >= 15 is 0 Å². The fourth-order valence-electron chi connectivity index (χ4n) is 2.67. The van der Waals surface area contributed by atoms with Crippen molar-refractivity contribution in [3.63, 3.8) is 0 Å². The molecule has 0 saturated heterocycles. The summed E-state index contributed by atoms with van der Waals surface area (Å²) in [6.45, 7) is 0.648. The van der Waals surface area contributed by atoms with Crippen LogP contribution in [0, 0.1) is 5.82 Å². The average Bonchev–Trinajstić information content (AvgIpc) is 2.70. The molecule has 0 aliphatic rings. The van der Waals surface area contributed by atoms with Gasteiger partial charge in [0.2, 0.25) is 0 Å². The molecule has 0 unspecified atom stereocenters. The van der Waals surface area contributed by atoms with Crippen molar-refractivity contribution in [2.45, 2.75) is 5.75 Å². The lowest BCUT2D eigenvalue weighted by molar-refractivity contribution is 0.419. The Morgan fingerprint density at radius 3 is 2.89 bits per heavy atom. The lowest BCUT2D eigenvalue weighted by Crippen LogP contribution is -2.30. The van der Waals surface area contributed by atoms with E-state index in [9.17, 15) is 4.39 Å². The summed E-state index contributed by atoms with van der Waals surface area (Å²) in [4.78, 5) is 4.38. The standard InChI is InChI=1S/C20H19ClFN3OS2/c1-26-18-8-7-17(13-4-3-9-23-19(13)18)25-20(27)24-10-11-28-12-14-15(21)5-2-6-16(14)22/h2-9H,10-12H2,1H3,(H2,24,25,27). The quantitative estimate of drug-likeness (QED) is 0.390. The maximum atomic E-state index is 13.8. The summed E-state index contributed by atoms with van der Waals surface area (Å²) in [5.41, 5.74) is 2.16. The van der Waals surface area contributed by atoms with Gasteiger partial charge in [-0.3, -0.25) is 4.98 Å². The Balaban J connectivity index is 1.51. The summed E-state index contributed by atoms with van der Waals surface area (Å²) < 4.78 is 19.1. The molecule has 0 atom stereocenters. The number of hydrogen-bond donors (Lipinski definition) is 2. The van der Waals surface area contributed by atoms with Crippen molar-refractivity contribution < 1.29 is 9.13 Å². The third-order valence-corrected chi connectivity index (χ3v) is 5.63. The Morgan fingerprint density at radius 1 is 1.25 bits per heavy atom. The minimum Gasteiger partial charge on any atom is -0.494 e. The zero-order valence-electron chi connectivity index (χ0n) is 15.2. The zero-order chi connectivity index (χ0) is 19.9. The molecule has 146 valence electrons. The number of nitrogens with zero attached hydrogens (tertiary/aromatic N) is 1. The number of hydrogen-bond acceptors (Lipinski definition) is 4. The van der Waals surface area contributed by atoms with Gasteiger partial charge >= 0.3 is 0 Å². The predicted molar refractivity (Wildman–Crippen MR) is 120 cm³/mol. The first-order valence-corrected chi connectivity index (χ1v) is 10.5. The van der Waals surface area contributed by atoms with E-state index in [1.165, 1.54) is 6.07 Å². The Hall–Kier alpha value is -2.09. The minimum atomic E-state index is -0.273. The highest BCUT2D eigenvalue weighted by Crippen LogP contribution is 2.29. The van der Waals surface area contributed by atoms with E-state index < -0.39 is 0 Å². The number of pyridine rings is 1. The van der Waals surface area contributed by atoms with Gasteiger partial charge in [-0.25, -0.2) is 4.39 Å². The summed E-state index contributed by atoms with van der Waals surface area (Å²) in [5, 5.41) is 8.25. The van der Waals surface area contributed by atoms with E-state index in [1.54, 1.807) is 37.2 Å². The molecule has 28 heavy (non-hydrogen) atoms. The van der Waals surface area contributed by atoms with Gasteiger partial charge in [-0.15, -0.1) is 0 Å². The number of rotatable bonds is 7. The van der Waals surface area contributed by atoms with E-state index in [1.807, 2.05) is 24.3 Å². The first-order valence-electron chi connectivity index (χ1n) is 8.57. The average molecular weight is 436 g/mol. The molecule has 0 radical (unpaired) electrons. The molecule has 0 saturated carbocycles. The van der Waals surface area contributed by atoms with Crippen LogP contribution in [0.3, 0.4) is 0 Å². The van der Waals surface area contributed by atoms with Crippen LogP contribution in [0.1, 0.15) is 5.56 Å². The molecule has 0 fully saturated rings. The summed E-state index contributed by atoms with van der Waals surface area (Å²) in [5.74, 6) is 1.72. The van der Waals surface area contributed by atoms with Crippen molar-refractivity contribution >= 4 is 57.3 Å². The SMILES string of the molecule is COc1ccc(NC(=S)NCCSCc2c(F)cccc2Cl)c2cccnc12. The third kappa shape index (κ3) is 5.04. The maximum Gasteiger partial charge on any atom is 0.170 e. The molecule has 1 aromatic heterocycles. The number of anilines is 1. The molecule has 8 heteroatoms. The highest BCUT2D eigenvalue weighted by Gasteiger charge is 2.09. The molecule has 4 nitrogen and oxygen atoms in total. The van der Waals surface area contributed by atoms with Crippen LogP contribution in [-0.2, 0) is 5.75 Å². The molecule has 0 spiro atoms. The van der Waals surface area contributed by atoms with E-state index in [2.05, 4.69) is 15.6 Å². The van der Waals surface area contributed by atoms with Crippen LogP contribution in [0.15, 0.2) is 48.7 Å². The summed E-state index contributed by atoms with van der Waals surface area (Å²) >= 11 is 13.0. The van der Waals surface area contributed by atoms with Crippen LogP contribution in [0.2, 0.25) is 5.02 Å². The molecule has 0 aliphatic carbocycles. The largest absolute Gasteiger partial charge is 0.494 e. The first kappa shape index (κ1) is 20.6. The molecular formula is C20H19ClFN3OS2. The van der Waals surface area contributed by atoms with E-state index in [0.717, 1.165) is 22.3 Å². The van der Waals surface area contributed by atoms with Gasteiger partial charge in [0.1, 0.15) is 17.1 Å². The van der Waals surface area contributed by atoms with E-state index in [4.69, 9.17) is 28.6 Å². The van der Waals surface area contributed by atoms with Crippen molar-refractivity contribution in [3.8, 4) is 5.75 Å². The number of thiocarbonyl (C=S) groups is 1. The summed E-state index contributed by atoms with van der Waals surface area (Å²) in [7, 11) is 1.62. The Kier molecular flexibility index (Phi) is 7.30. The second kappa shape index (κ2) is 9.91. The first-order chi connectivity index (χ1) is 13.6. The van der Waals surface area contributed by atoms with Gasteiger partial charge < -0.3 is 15.4 Å². The molecule has 0 aliphatic heterocycles. The molecule has 2 N–H and O–H groups in total. The van der Waals surface area contributed by atoms with Crippen LogP contribution in [0.5, 0.6) is 5.75 Å². The predicted octanol–water partition coefficient (Wildman–Crippen LogP) is 5.26. The van der Waals surface area contributed by atoms with E-state index in [-0.39, 0.29) is 5.82 Å². The smallest absolute Gasteiger partial charge is 0.170 e. The van der Waals surface area contributed by atoms with E-state index in [0.29, 0.717) is 33.7 Å². The van der Waals surface area contributed by atoms with Crippen molar-refractivity contribution in [1.29, 1.82) is 0 Å². The van der Waals surface area contributed by atoms with Crippen molar-refractivity contribution in [1.82, 2.24) is 10.3 Å². The number of aromatic nitrogens is 1. The number of ether oxygens (including phenoxy) is 1. The lowest BCUT2D eigenvalue weighted by atomic mass is 10.1. The molecule has 1 heterocycles. The van der Waals surface area contributed by atoms with Crippen molar-refractivity contribution in [3.05, 3.63) is 65.1 Å². The van der Waals surface area contributed by atoms with Crippen LogP contribution in [-0.4, -0.2) is 29.5 Å². The summed E-state index contributed by atoms with van der Waals surface area (Å²) in [6, 6.07) is 12.3. The number of halogens is 2. The topological polar surface area (TPSA) is 46.2 Å². The van der Waals surface area contributed by atoms with Crippen LogP contribution < -0.4 is 15.4 Å². The number of nitrogens with one attached hydrogen (secondary N) is 2. The molecule has 0 amide bonds. The molecular weight excluding hydrogens is 417 g/mol. The van der Waals surface area contributed by atoms with Crippen LogP contribution >= 0.6 is 35.6 Å². The molecule has 2 aromatic carbocycles. The highest BCUT2D eigenvalue weighted by atomic mass is 35.5. The Bertz CT molecular complexity index is 967. The maximum absolute atomic E-state index is 13.8. The molecule has 3 rings (SSSR count). The lowest BCUT2D eigenvalue weighted by Gasteiger charge is -2.14. The van der Waals surface area contributed by atoms with Crippen molar-refractivity contribution in [2.75, 3.05) is 24.7 Å². The fourth-order valence-corrected chi connectivity index (χ4v) is 4.08. The fraction of sp³-hybridized carbons (Fsp3) is 0.200. The molecule has 0 bridgehead atoms. The minimum absolute atomic E-state index is 0.273. The van der Waals surface area contributed by atoms with Crippen molar-refractivity contribution in [2.24, 2.45) is 0 Å². The van der Waals surface area contributed by atoms with Gasteiger partial charge in [-0.05, 0) is 48.6 Å². The van der Waals surface area contributed by atoms with Gasteiger partial charge in [-0.2, -0.15) is 11.8 Å².